The first-order valence-corrected chi connectivity index (χ1v) is 6.93. The van der Waals surface area contributed by atoms with Crippen LogP contribution in [0, 0.1) is 5.41 Å². The Hall–Kier alpha value is -1.41. The van der Waals surface area contributed by atoms with Gasteiger partial charge in [-0.25, -0.2) is 0 Å². The van der Waals surface area contributed by atoms with Crippen molar-refractivity contribution < 1.29 is 0 Å². The number of benzene rings is 2. The average Bonchev–Trinajstić information content (AvgIpc) is 2.37. The van der Waals surface area contributed by atoms with E-state index in [9.17, 15) is 0 Å². The highest BCUT2D eigenvalue weighted by molar-refractivity contribution is 9.10. The van der Waals surface area contributed by atoms with E-state index in [2.05, 4.69) is 58.4 Å². The van der Waals surface area contributed by atoms with Crippen LogP contribution in [0.1, 0.15) is 29.0 Å². The molecule has 2 aromatic rings. The Kier molecular flexibility index (Phi) is 3.04. The van der Waals surface area contributed by atoms with Crippen LogP contribution in [0.5, 0.6) is 0 Å². The molecule has 0 amide bonds. The van der Waals surface area contributed by atoms with Crippen molar-refractivity contribution in [2.75, 3.05) is 0 Å². The first-order valence-electron chi connectivity index (χ1n) is 6.13. The van der Waals surface area contributed by atoms with Crippen LogP contribution >= 0.6 is 15.9 Å². The minimum absolute atomic E-state index is 0.333. The summed E-state index contributed by atoms with van der Waals surface area (Å²) in [4.78, 5) is 0. The van der Waals surface area contributed by atoms with Crippen molar-refractivity contribution in [3.8, 4) is 0 Å². The predicted octanol–water partition coefficient (Wildman–Crippen LogP) is 4.55. The second-order valence-corrected chi connectivity index (χ2v) is 5.71. The SMILES string of the molecule is N=C1Cc2ccccc2C(c2cccc(Br)c2)C1. The highest BCUT2D eigenvalue weighted by Crippen LogP contribution is 2.35. The first kappa shape index (κ1) is 11.7. The van der Waals surface area contributed by atoms with Crippen molar-refractivity contribution in [2.45, 2.75) is 18.8 Å². The predicted molar refractivity (Wildman–Crippen MR) is 78.5 cm³/mol. The Balaban J connectivity index is 2.10. The van der Waals surface area contributed by atoms with Gasteiger partial charge in [-0.15, -0.1) is 0 Å². The van der Waals surface area contributed by atoms with Crippen molar-refractivity contribution in [2.24, 2.45) is 0 Å². The summed E-state index contributed by atoms with van der Waals surface area (Å²) in [5.41, 5.74) is 4.81. The molecule has 0 saturated heterocycles. The molecule has 1 atom stereocenters. The van der Waals surface area contributed by atoms with Gasteiger partial charge in [0.15, 0.2) is 0 Å². The van der Waals surface area contributed by atoms with Crippen molar-refractivity contribution in [1.82, 2.24) is 0 Å². The molecule has 0 saturated carbocycles. The summed E-state index contributed by atoms with van der Waals surface area (Å²) in [5.74, 6) is 0.333. The van der Waals surface area contributed by atoms with E-state index < -0.39 is 0 Å². The van der Waals surface area contributed by atoms with Crippen molar-refractivity contribution in [1.29, 1.82) is 5.41 Å². The normalized spacial score (nSPS) is 18.5. The summed E-state index contributed by atoms with van der Waals surface area (Å²) < 4.78 is 1.11. The van der Waals surface area contributed by atoms with Crippen LogP contribution in [-0.4, -0.2) is 5.71 Å². The van der Waals surface area contributed by atoms with E-state index >= 15 is 0 Å². The molecule has 0 bridgehead atoms. The topological polar surface area (TPSA) is 23.9 Å². The van der Waals surface area contributed by atoms with E-state index in [0.29, 0.717) is 5.92 Å². The zero-order valence-electron chi connectivity index (χ0n) is 9.99. The number of nitrogens with one attached hydrogen (secondary N) is 1. The van der Waals surface area contributed by atoms with E-state index in [1.54, 1.807) is 0 Å². The molecule has 0 radical (unpaired) electrons. The van der Waals surface area contributed by atoms with Crippen LogP contribution in [0.2, 0.25) is 0 Å². The van der Waals surface area contributed by atoms with Gasteiger partial charge in [-0.2, -0.15) is 0 Å². The van der Waals surface area contributed by atoms with Gasteiger partial charge in [0.2, 0.25) is 0 Å². The summed E-state index contributed by atoms with van der Waals surface area (Å²) in [5, 5.41) is 8.04. The lowest BCUT2D eigenvalue weighted by Gasteiger charge is -2.26. The van der Waals surface area contributed by atoms with Crippen LogP contribution < -0.4 is 0 Å². The van der Waals surface area contributed by atoms with Gasteiger partial charge in [0.25, 0.3) is 0 Å². The summed E-state index contributed by atoms with van der Waals surface area (Å²) in [6.45, 7) is 0. The largest absolute Gasteiger partial charge is 0.309 e. The van der Waals surface area contributed by atoms with E-state index in [0.717, 1.165) is 23.0 Å². The maximum atomic E-state index is 8.04. The van der Waals surface area contributed by atoms with Crippen molar-refractivity contribution in [3.63, 3.8) is 0 Å². The third kappa shape index (κ3) is 2.13. The van der Waals surface area contributed by atoms with Gasteiger partial charge in [-0.05, 0) is 35.2 Å². The molecule has 2 aromatic carbocycles. The third-order valence-electron chi connectivity index (χ3n) is 3.54. The smallest absolute Gasteiger partial charge is 0.0178 e. The van der Waals surface area contributed by atoms with E-state index in [1.165, 1.54) is 16.7 Å². The molecule has 90 valence electrons. The maximum Gasteiger partial charge on any atom is 0.0178 e. The average molecular weight is 300 g/mol. The molecule has 0 heterocycles. The van der Waals surface area contributed by atoms with E-state index in [-0.39, 0.29) is 0 Å². The minimum atomic E-state index is 0.333. The summed E-state index contributed by atoms with van der Waals surface area (Å²) >= 11 is 3.53. The quantitative estimate of drug-likeness (QED) is 0.799. The van der Waals surface area contributed by atoms with Crippen molar-refractivity contribution in [3.05, 3.63) is 69.7 Å². The van der Waals surface area contributed by atoms with Gasteiger partial charge in [-0.1, -0.05) is 52.3 Å². The summed E-state index contributed by atoms with van der Waals surface area (Å²) in [7, 11) is 0. The van der Waals surface area contributed by atoms with Crippen LogP contribution in [0.3, 0.4) is 0 Å². The zero-order valence-corrected chi connectivity index (χ0v) is 11.6. The van der Waals surface area contributed by atoms with Gasteiger partial charge in [0.05, 0.1) is 0 Å². The molecule has 1 aliphatic carbocycles. The second-order valence-electron chi connectivity index (χ2n) is 4.79. The highest BCUT2D eigenvalue weighted by Gasteiger charge is 2.24. The van der Waals surface area contributed by atoms with Gasteiger partial charge in [0, 0.05) is 22.5 Å². The molecular weight excluding hydrogens is 286 g/mol. The van der Waals surface area contributed by atoms with Crippen LogP contribution in [0.4, 0.5) is 0 Å². The van der Waals surface area contributed by atoms with Crippen LogP contribution in [-0.2, 0) is 6.42 Å². The lowest BCUT2D eigenvalue weighted by atomic mass is 9.78. The highest BCUT2D eigenvalue weighted by atomic mass is 79.9. The molecule has 1 aliphatic rings. The van der Waals surface area contributed by atoms with Crippen molar-refractivity contribution >= 4 is 21.6 Å². The summed E-state index contributed by atoms with van der Waals surface area (Å²) in [6, 6.07) is 16.9. The lowest BCUT2D eigenvalue weighted by Crippen LogP contribution is -2.18. The Morgan fingerprint density at radius 1 is 1.06 bits per heavy atom. The molecular formula is C16H14BrN. The number of fused-ring (bicyclic) bond motifs is 1. The van der Waals surface area contributed by atoms with Gasteiger partial charge < -0.3 is 5.41 Å². The molecule has 1 unspecified atom stereocenters. The third-order valence-corrected chi connectivity index (χ3v) is 4.03. The molecule has 0 fully saturated rings. The molecule has 3 rings (SSSR count). The number of hydrogen-bond donors (Lipinski definition) is 1. The van der Waals surface area contributed by atoms with E-state index in [4.69, 9.17) is 5.41 Å². The zero-order chi connectivity index (χ0) is 12.5. The minimum Gasteiger partial charge on any atom is -0.309 e. The Labute approximate surface area is 115 Å². The van der Waals surface area contributed by atoms with Crippen LogP contribution in [0.25, 0.3) is 0 Å². The second kappa shape index (κ2) is 4.69. The molecule has 0 spiro atoms. The van der Waals surface area contributed by atoms with Gasteiger partial charge in [-0.3, -0.25) is 0 Å². The molecule has 18 heavy (non-hydrogen) atoms. The lowest BCUT2D eigenvalue weighted by molar-refractivity contribution is 0.801. The Morgan fingerprint density at radius 2 is 1.89 bits per heavy atom. The Morgan fingerprint density at radius 3 is 2.72 bits per heavy atom. The Bertz CT molecular complexity index is 604. The first-order chi connectivity index (χ1) is 8.74. The molecule has 0 aromatic heterocycles. The van der Waals surface area contributed by atoms with Gasteiger partial charge in [0.1, 0.15) is 0 Å². The molecule has 2 heteroatoms. The molecule has 1 nitrogen and oxygen atoms in total. The maximum absolute atomic E-state index is 8.04. The van der Waals surface area contributed by atoms with Crippen LogP contribution in [0.15, 0.2) is 53.0 Å². The fourth-order valence-electron chi connectivity index (χ4n) is 2.71. The molecule has 1 N–H and O–H groups in total. The summed E-state index contributed by atoms with van der Waals surface area (Å²) in [6.07, 6.45) is 1.65. The number of hydrogen-bond acceptors (Lipinski definition) is 1. The standard InChI is InChI=1S/C16H14BrN/c17-13-6-3-5-11(8-13)16-10-14(18)9-12-4-1-2-7-15(12)16/h1-8,16,18H,9-10H2. The fourth-order valence-corrected chi connectivity index (χ4v) is 3.13. The molecule has 0 aliphatic heterocycles. The van der Waals surface area contributed by atoms with Gasteiger partial charge >= 0.3 is 0 Å². The van der Waals surface area contributed by atoms with E-state index in [1.807, 2.05) is 6.07 Å². The monoisotopic (exact) mass is 299 g/mol. The fraction of sp³-hybridized carbons (Fsp3) is 0.188. The number of halogens is 1. The number of rotatable bonds is 1.